The molecule has 0 spiro atoms. The summed E-state index contributed by atoms with van der Waals surface area (Å²) < 4.78 is 1.54. The molecule has 0 aliphatic carbocycles. The van der Waals surface area contributed by atoms with E-state index >= 15 is 0 Å². The van der Waals surface area contributed by atoms with Crippen LogP contribution in [0, 0.1) is 0 Å². The van der Waals surface area contributed by atoms with Gasteiger partial charge in [0, 0.05) is 5.56 Å². The van der Waals surface area contributed by atoms with Crippen LogP contribution in [0.1, 0.15) is 11.6 Å². The summed E-state index contributed by atoms with van der Waals surface area (Å²) in [4.78, 5) is 12.3. The van der Waals surface area contributed by atoms with Crippen LogP contribution >= 0.6 is 0 Å². The molecule has 0 unspecified atom stereocenters. The zero-order valence-electron chi connectivity index (χ0n) is 12.5. The number of nitrogens with one attached hydrogen (secondary N) is 2. The smallest absolute Gasteiger partial charge is 0.246 e. The molecule has 0 fully saturated rings. The van der Waals surface area contributed by atoms with E-state index in [1.165, 1.54) is 0 Å². The molecular weight excluding hydrogens is 306 g/mol. The van der Waals surface area contributed by atoms with Crippen LogP contribution in [0.4, 0.5) is 0 Å². The molecule has 0 aliphatic heterocycles. The Bertz CT molecular complexity index is 1000. The van der Waals surface area contributed by atoms with E-state index in [0.29, 0.717) is 18.1 Å². The van der Waals surface area contributed by atoms with Gasteiger partial charge in [-0.3, -0.25) is 0 Å². The summed E-state index contributed by atoms with van der Waals surface area (Å²) in [6.07, 6.45) is 0.290. The summed E-state index contributed by atoms with van der Waals surface area (Å²) in [7, 11) is 0. The third-order valence-corrected chi connectivity index (χ3v) is 3.68. The van der Waals surface area contributed by atoms with E-state index in [1.807, 2.05) is 54.6 Å². The first-order valence-corrected chi connectivity index (χ1v) is 7.36. The van der Waals surface area contributed by atoms with E-state index < -0.39 is 0 Å². The van der Waals surface area contributed by atoms with Crippen molar-refractivity contribution in [2.45, 2.75) is 6.42 Å². The number of benzene rings is 2. The summed E-state index contributed by atoms with van der Waals surface area (Å²) in [5.74, 6) is 0.984. The first kappa shape index (κ1) is 14.1. The summed E-state index contributed by atoms with van der Waals surface area (Å²) >= 11 is 0. The fourth-order valence-electron chi connectivity index (χ4n) is 2.63. The third kappa shape index (κ3) is 2.50. The minimum Gasteiger partial charge on any atom is -0.246 e. The lowest BCUT2D eigenvalue weighted by Crippen LogP contribution is -2.18. The van der Waals surface area contributed by atoms with Crippen molar-refractivity contribution >= 4 is 0 Å². The summed E-state index contributed by atoms with van der Waals surface area (Å²) in [5, 5.41) is 20.4. The van der Waals surface area contributed by atoms with E-state index in [2.05, 4.69) is 30.8 Å². The molecule has 0 aliphatic rings. The molecule has 2 aromatic carbocycles. The fraction of sp³-hybridized carbons (Fsp3) is 0.0625. The number of aromatic amines is 2. The number of rotatable bonds is 4. The lowest BCUT2D eigenvalue weighted by Gasteiger charge is -2.11. The van der Waals surface area contributed by atoms with Crippen LogP contribution in [-0.4, -0.2) is 35.4 Å². The average Bonchev–Trinajstić information content (AvgIpc) is 3.26. The molecule has 0 bridgehead atoms. The average molecular weight is 319 g/mol. The van der Waals surface area contributed by atoms with E-state index in [-0.39, 0.29) is 5.69 Å². The molecule has 0 atom stereocenters. The Morgan fingerprint density at radius 3 is 2.54 bits per heavy atom. The van der Waals surface area contributed by atoms with Crippen molar-refractivity contribution in [3.05, 3.63) is 76.7 Å². The fourth-order valence-corrected chi connectivity index (χ4v) is 2.63. The van der Waals surface area contributed by atoms with Gasteiger partial charge in [-0.15, -0.1) is 10.2 Å². The second kappa shape index (κ2) is 5.92. The quantitative estimate of drug-likeness (QED) is 0.590. The molecule has 8 heteroatoms. The molecule has 118 valence electrons. The van der Waals surface area contributed by atoms with E-state index in [1.54, 1.807) is 4.57 Å². The Morgan fingerprint density at radius 2 is 1.75 bits per heavy atom. The summed E-state index contributed by atoms with van der Waals surface area (Å²) in [6, 6.07) is 17.6. The van der Waals surface area contributed by atoms with Crippen molar-refractivity contribution in [2.75, 3.05) is 0 Å². The van der Waals surface area contributed by atoms with Gasteiger partial charge in [0.25, 0.3) is 0 Å². The largest absolute Gasteiger partial charge is 0.347 e. The molecular formula is C16H13N7O. The van der Waals surface area contributed by atoms with E-state index in [4.69, 9.17) is 0 Å². The first-order valence-electron chi connectivity index (χ1n) is 7.36. The van der Waals surface area contributed by atoms with E-state index in [9.17, 15) is 4.79 Å². The van der Waals surface area contributed by atoms with Gasteiger partial charge >= 0.3 is 5.69 Å². The van der Waals surface area contributed by atoms with Crippen LogP contribution in [0.5, 0.6) is 0 Å². The number of tetrazole rings is 1. The molecule has 4 aromatic rings. The van der Waals surface area contributed by atoms with Crippen LogP contribution in [-0.2, 0) is 6.42 Å². The Labute approximate surface area is 136 Å². The monoisotopic (exact) mass is 319 g/mol. The van der Waals surface area contributed by atoms with Crippen LogP contribution in [0.2, 0.25) is 0 Å². The Morgan fingerprint density at radius 1 is 0.958 bits per heavy atom. The maximum atomic E-state index is 12.3. The van der Waals surface area contributed by atoms with Crippen LogP contribution in [0.25, 0.3) is 16.8 Å². The zero-order valence-corrected chi connectivity index (χ0v) is 12.5. The zero-order chi connectivity index (χ0) is 16.4. The van der Waals surface area contributed by atoms with Gasteiger partial charge in [0.1, 0.15) is 5.82 Å². The molecule has 0 amide bonds. The second-order valence-corrected chi connectivity index (χ2v) is 5.17. The highest BCUT2D eigenvalue weighted by Gasteiger charge is 2.16. The number of aromatic nitrogens is 7. The van der Waals surface area contributed by atoms with Gasteiger partial charge in [0.05, 0.1) is 12.1 Å². The minimum atomic E-state index is -0.308. The third-order valence-electron chi connectivity index (χ3n) is 3.68. The van der Waals surface area contributed by atoms with Gasteiger partial charge in [0.2, 0.25) is 0 Å². The van der Waals surface area contributed by atoms with Crippen molar-refractivity contribution in [3.63, 3.8) is 0 Å². The predicted octanol–water partition coefficient (Wildman–Crippen LogP) is 1.33. The standard InChI is InChI=1S/C16H13N7O/c24-16-20-19-15(10-14-17-21-22-18-14)23(16)13-9-5-4-8-12(13)11-6-2-1-3-7-11/h1-9H,10H2,(H,20,24)(H,17,18,21,22). The summed E-state index contributed by atoms with van der Waals surface area (Å²) in [6.45, 7) is 0. The Hall–Kier alpha value is -3.55. The van der Waals surface area contributed by atoms with Gasteiger partial charge in [-0.05, 0) is 11.6 Å². The van der Waals surface area contributed by atoms with E-state index in [0.717, 1.165) is 16.8 Å². The number of para-hydroxylation sites is 1. The lowest BCUT2D eigenvalue weighted by atomic mass is 10.0. The van der Waals surface area contributed by atoms with Crippen molar-refractivity contribution < 1.29 is 0 Å². The second-order valence-electron chi connectivity index (χ2n) is 5.17. The van der Waals surface area contributed by atoms with Gasteiger partial charge in [-0.1, -0.05) is 53.7 Å². The SMILES string of the molecule is O=c1[nH]nc(Cc2nn[nH]n2)n1-c1ccccc1-c1ccccc1. The van der Waals surface area contributed by atoms with Gasteiger partial charge in [-0.25, -0.2) is 14.5 Å². The van der Waals surface area contributed by atoms with Crippen molar-refractivity contribution in [2.24, 2.45) is 0 Å². The predicted molar refractivity (Wildman–Crippen MR) is 86.6 cm³/mol. The van der Waals surface area contributed by atoms with Crippen molar-refractivity contribution in [3.8, 4) is 16.8 Å². The summed E-state index contributed by atoms with van der Waals surface area (Å²) in [5.41, 5.74) is 2.40. The number of nitrogens with zero attached hydrogens (tertiary/aromatic N) is 5. The molecule has 0 saturated carbocycles. The Balaban J connectivity index is 1.86. The highest BCUT2D eigenvalue weighted by atomic mass is 16.1. The maximum absolute atomic E-state index is 12.3. The van der Waals surface area contributed by atoms with Crippen LogP contribution in [0.15, 0.2) is 59.4 Å². The van der Waals surface area contributed by atoms with Gasteiger partial charge in [0.15, 0.2) is 5.82 Å². The minimum absolute atomic E-state index is 0.290. The van der Waals surface area contributed by atoms with Crippen molar-refractivity contribution in [1.29, 1.82) is 0 Å². The molecule has 0 radical (unpaired) electrons. The highest BCUT2D eigenvalue weighted by molar-refractivity contribution is 5.73. The number of H-pyrrole nitrogens is 2. The molecule has 2 aromatic heterocycles. The molecule has 2 heterocycles. The molecule has 24 heavy (non-hydrogen) atoms. The highest BCUT2D eigenvalue weighted by Crippen LogP contribution is 2.26. The Kier molecular flexibility index (Phi) is 3.47. The molecule has 8 nitrogen and oxygen atoms in total. The van der Waals surface area contributed by atoms with Gasteiger partial charge < -0.3 is 0 Å². The lowest BCUT2D eigenvalue weighted by molar-refractivity contribution is 0.849. The first-order chi connectivity index (χ1) is 11.8. The molecule has 4 rings (SSSR count). The number of hydrogen-bond acceptors (Lipinski definition) is 5. The van der Waals surface area contributed by atoms with Crippen LogP contribution in [0.3, 0.4) is 0 Å². The topological polar surface area (TPSA) is 105 Å². The molecule has 0 saturated heterocycles. The maximum Gasteiger partial charge on any atom is 0.347 e. The number of hydrogen-bond donors (Lipinski definition) is 2. The normalized spacial score (nSPS) is 10.8. The van der Waals surface area contributed by atoms with Crippen molar-refractivity contribution in [1.82, 2.24) is 35.4 Å². The van der Waals surface area contributed by atoms with Gasteiger partial charge in [-0.2, -0.15) is 10.3 Å². The molecule has 2 N–H and O–H groups in total. The van der Waals surface area contributed by atoms with Crippen LogP contribution < -0.4 is 5.69 Å².